The Labute approximate surface area is 84.1 Å². The molecule has 0 saturated carbocycles. The van der Waals surface area contributed by atoms with Crippen molar-refractivity contribution in [3.8, 4) is 0 Å². The van der Waals surface area contributed by atoms with Crippen LogP contribution < -0.4 is 0 Å². The molecule has 0 amide bonds. The van der Waals surface area contributed by atoms with E-state index < -0.39 is 0 Å². The summed E-state index contributed by atoms with van der Waals surface area (Å²) in [6.45, 7) is 5.55. The third kappa shape index (κ3) is 7.90. The molecule has 0 N–H and O–H groups in total. The van der Waals surface area contributed by atoms with E-state index in [9.17, 15) is 4.79 Å². The predicted molar refractivity (Wildman–Crippen MR) is 43.6 cm³/mol. The SMILES string of the molecule is CCC[CH-]/C=C(\C)C(C)=O.[Ti]. The topological polar surface area (TPSA) is 17.1 Å². The number of allylic oxidation sites excluding steroid dienone is 2. The van der Waals surface area contributed by atoms with Gasteiger partial charge in [0.15, 0.2) is 0 Å². The zero-order valence-corrected chi connectivity index (χ0v) is 9.04. The first-order valence-electron chi connectivity index (χ1n) is 3.69. The van der Waals surface area contributed by atoms with Crippen LogP contribution in [0.1, 0.15) is 33.6 Å². The van der Waals surface area contributed by atoms with Crippen molar-refractivity contribution >= 4 is 5.78 Å². The van der Waals surface area contributed by atoms with Crippen LogP contribution >= 0.6 is 0 Å². The van der Waals surface area contributed by atoms with E-state index in [4.69, 9.17) is 0 Å². The van der Waals surface area contributed by atoms with Crippen LogP contribution in [0.15, 0.2) is 11.6 Å². The summed E-state index contributed by atoms with van der Waals surface area (Å²) in [4.78, 5) is 10.6. The summed E-state index contributed by atoms with van der Waals surface area (Å²) in [5.41, 5.74) is 0.841. The van der Waals surface area contributed by atoms with Gasteiger partial charge in [0.1, 0.15) is 0 Å². The number of hydrogen-bond donors (Lipinski definition) is 0. The predicted octanol–water partition coefficient (Wildman–Crippen LogP) is 2.52. The van der Waals surface area contributed by atoms with Crippen LogP contribution in [-0.4, -0.2) is 5.78 Å². The Hall–Kier alpha value is -0.00571. The Bertz CT molecular complexity index is 138. The Balaban J connectivity index is 0. The Morgan fingerprint density at radius 1 is 1.45 bits per heavy atom. The molecular weight excluding hydrogens is 172 g/mol. The van der Waals surface area contributed by atoms with Gasteiger partial charge in [-0.05, 0) is 6.92 Å². The Morgan fingerprint density at radius 3 is 2.36 bits per heavy atom. The first-order valence-corrected chi connectivity index (χ1v) is 3.69. The van der Waals surface area contributed by atoms with Crippen LogP contribution in [0.4, 0.5) is 0 Å². The van der Waals surface area contributed by atoms with Crippen LogP contribution in [-0.2, 0) is 26.5 Å². The van der Waals surface area contributed by atoms with E-state index in [-0.39, 0.29) is 27.5 Å². The molecule has 0 aromatic carbocycles. The summed E-state index contributed by atoms with van der Waals surface area (Å²) in [6, 6.07) is 0. The molecule has 0 atom stereocenters. The minimum absolute atomic E-state index is 0. The van der Waals surface area contributed by atoms with E-state index in [1.54, 1.807) is 6.92 Å². The van der Waals surface area contributed by atoms with Crippen molar-refractivity contribution in [2.45, 2.75) is 33.6 Å². The zero-order valence-electron chi connectivity index (χ0n) is 7.48. The molecule has 0 aliphatic heterocycles. The number of carbonyl (C=O) groups excluding carboxylic acids is 1. The smallest absolute Gasteiger partial charge is 0.0760 e. The van der Waals surface area contributed by atoms with Gasteiger partial charge >= 0.3 is 0 Å². The van der Waals surface area contributed by atoms with Crippen LogP contribution in [0.5, 0.6) is 0 Å². The summed E-state index contributed by atoms with van der Waals surface area (Å²) in [5.74, 6) is 0.160. The van der Waals surface area contributed by atoms with Crippen molar-refractivity contribution in [2.75, 3.05) is 0 Å². The number of rotatable bonds is 4. The second kappa shape index (κ2) is 8.09. The van der Waals surface area contributed by atoms with Gasteiger partial charge in [0.2, 0.25) is 0 Å². The van der Waals surface area contributed by atoms with Crippen LogP contribution in [0.3, 0.4) is 0 Å². The average molecular weight is 187 g/mol. The van der Waals surface area contributed by atoms with E-state index in [0.29, 0.717) is 0 Å². The fourth-order valence-corrected chi connectivity index (χ4v) is 0.544. The van der Waals surface area contributed by atoms with Crippen molar-refractivity contribution in [2.24, 2.45) is 0 Å². The second-order valence-electron chi connectivity index (χ2n) is 2.43. The van der Waals surface area contributed by atoms with Crippen molar-refractivity contribution in [3.63, 3.8) is 0 Å². The summed E-state index contributed by atoms with van der Waals surface area (Å²) < 4.78 is 0. The zero-order chi connectivity index (χ0) is 7.98. The monoisotopic (exact) mass is 187 g/mol. The molecule has 0 rings (SSSR count). The maximum Gasteiger partial charge on any atom is 0.0760 e. The van der Waals surface area contributed by atoms with Crippen LogP contribution in [0.2, 0.25) is 0 Å². The number of Topliss-reactive ketones (excluding diaryl/α,β-unsaturated/α-hetero) is 1. The molecule has 0 saturated heterocycles. The van der Waals surface area contributed by atoms with Gasteiger partial charge in [0.25, 0.3) is 0 Å². The molecule has 11 heavy (non-hydrogen) atoms. The van der Waals surface area contributed by atoms with E-state index >= 15 is 0 Å². The normalized spacial score (nSPS) is 10.3. The summed E-state index contributed by atoms with van der Waals surface area (Å²) in [6.07, 6.45) is 6.13. The standard InChI is InChI=1S/C9H15O.Ti/c1-4-5-6-7-8(2)9(3)10;/h6-7H,4-5H2,1-3H3;/q-1;/b8-7+;. The molecule has 2 heteroatoms. The van der Waals surface area contributed by atoms with Gasteiger partial charge in [-0.2, -0.15) is 5.57 Å². The summed E-state index contributed by atoms with van der Waals surface area (Å²) in [7, 11) is 0. The van der Waals surface area contributed by atoms with Crippen LogP contribution in [0.25, 0.3) is 0 Å². The fraction of sp³-hybridized carbons (Fsp3) is 0.556. The Kier molecular flexibility index (Phi) is 9.99. The quantitative estimate of drug-likeness (QED) is 0.286. The van der Waals surface area contributed by atoms with E-state index in [2.05, 4.69) is 6.92 Å². The van der Waals surface area contributed by atoms with Gasteiger partial charge in [0, 0.05) is 21.7 Å². The molecule has 0 fully saturated rings. The first kappa shape index (κ1) is 13.6. The summed E-state index contributed by atoms with van der Waals surface area (Å²) >= 11 is 0. The average Bonchev–Trinajstić information content (AvgIpc) is 1.88. The third-order valence-corrected chi connectivity index (χ3v) is 1.38. The molecule has 1 nitrogen and oxygen atoms in total. The number of hydrogen-bond acceptors (Lipinski definition) is 1. The van der Waals surface area contributed by atoms with E-state index in [1.807, 2.05) is 19.4 Å². The minimum Gasteiger partial charge on any atom is -0.316 e. The number of carbonyl (C=O) groups is 1. The summed E-state index contributed by atoms with van der Waals surface area (Å²) in [5, 5.41) is 0. The number of unbranched alkanes of at least 4 members (excludes halogenated alkanes) is 2. The van der Waals surface area contributed by atoms with Crippen molar-refractivity contribution in [3.05, 3.63) is 18.1 Å². The molecule has 0 radical (unpaired) electrons. The van der Waals surface area contributed by atoms with Crippen LogP contribution in [0, 0.1) is 6.42 Å². The maximum absolute atomic E-state index is 10.6. The van der Waals surface area contributed by atoms with Crippen molar-refractivity contribution in [1.29, 1.82) is 0 Å². The molecule has 0 unspecified atom stereocenters. The van der Waals surface area contributed by atoms with Gasteiger partial charge in [-0.3, -0.25) is 0 Å². The van der Waals surface area contributed by atoms with E-state index in [1.165, 1.54) is 0 Å². The largest absolute Gasteiger partial charge is 0.316 e. The van der Waals surface area contributed by atoms with Gasteiger partial charge in [0.05, 0.1) is 5.78 Å². The molecule has 0 aromatic rings. The molecule has 0 aromatic heterocycles. The molecule has 0 aliphatic rings. The van der Waals surface area contributed by atoms with Gasteiger partial charge in [-0.1, -0.05) is 13.3 Å². The van der Waals surface area contributed by atoms with Crippen molar-refractivity contribution < 1.29 is 26.5 Å². The third-order valence-electron chi connectivity index (χ3n) is 1.38. The molecule has 0 aliphatic carbocycles. The van der Waals surface area contributed by atoms with Crippen molar-refractivity contribution in [1.82, 2.24) is 0 Å². The van der Waals surface area contributed by atoms with Gasteiger partial charge in [-0.25, -0.2) is 12.5 Å². The van der Waals surface area contributed by atoms with Gasteiger partial charge in [-0.15, -0.1) is 13.3 Å². The molecule has 0 spiro atoms. The maximum atomic E-state index is 10.6. The minimum atomic E-state index is 0. The first-order chi connectivity index (χ1) is 4.68. The molecular formula is C9H15OTi-. The molecule has 62 valence electrons. The molecule has 0 heterocycles. The van der Waals surface area contributed by atoms with Gasteiger partial charge < -0.3 is 4.79 Å². The number of ketones is 1. The fourth-order valence-electron chi connectivity index (χ4n) is 0.544. The van der Waals surface area contributed by atoms with E-state index in [0.717, 1.165) is 18.4 Å². The molecule has 0 bridgehead atoms. The second-order valence-corrected chi connectivity index (χ2v) is 2.43. The Morgan fingerprint density at radius 2 is 2.00 bits per heavy atom.